The summed E-state index contributed by atoms with van der Waals surface area (Å²) in [4.78, 5) is 14.2. The zero-order chi connectivity index (χ0) is 16.5. The molecule has 2 aliphatic heterocycles. The molecule has 0 N–H and O–H groups in total. The molecular weight excluding hydrogens is 306 g/mol. The molecule has 0 bridgehead atoms. The van der Waals surface area contributed by atoms with Crippen LogP contribution < -0.4 is 0 Å². The van der Waals surface area contributed by atoms with Crippen molar-refractivity contribution in [2.45, 2.75) is 44.5 Å². The summed E-state index contributed by atoms with van der Waals surface area (Å²) in [6, 6.07) is 9.82. The summed E-state index contributed by atoms with van der Waals surface area (Å²) >= 11 is 0. The van der Waals surface area contributed by atoms with Crippen molar-refractivity contribution in [2.24, 2.45) is 5.41 Å². The van der Waals surface area contributed by atoms with E-state index in [1.54, 1.807) is 0 Å². The molecule has 1 aromatic carbocycles. The lowest BCUT2D eigenvalue weighted by Gasteiger charge is -2.41. The van der Waals surface area contributed by atoms with Crippen LogP contribution in [0.25, 0.3) is 0 Å². The molecule has 0 unspecified atom stereocenters. The van der Waals surface area contributed by atoms with Crippen LogP contribution >= 0.6 is 0 Å². The fourth-order valence-electron chi connectivity index (χ4n) is 4.26. The van der Waals surface area contributed by atoms with Gasteiger partial charge in [-0.05, 0) is 30.2 Å². The van der Waals surface area contributed by atoms with Crippen LogP contribution in [0.3, 0.4) is 0 Å². The Morgan fingerprint density at radius 2 is 1.75 bits per heavy atom. The number of likely N-dealkylation sites (tertiary alicyclic amines) is 1. The summed E-state index contributed by atoms with van der Waals surface area (Å²) in [7, 11) is 0. The molecule has 0 aromatic heterocycles. The number of amides is 1. The monoisotopic (exact) mass is 331 g/mol. The third-order valence-corrected chi connectivity index (χ3v) is 5.79. The van der Waals surface area contributed by atoms with Crippen molar-refractivity contribution in [1.82, 2.24) is 4.90 Å². The van der Waals surface area contributed by atoms with Crippen LogP contribution in [0.1, 0.15) is 37.7 Å². The number of hydrogen-bond acceptors (Lipinski definition) is 4. The largest absolute Gasteiger partial charge is 0.445 e. The van der Waals surface area contributed by atoms with Gasteiger partial charge in [0.15, 0.2) is 5.79 Å². The lowest BCUT2D eigenvalue weighted by molar-refractivity contribution is -0.190. The van der Waals surface area contributed by atoms with E-state index in [9.17, 15) is 4.79 Å². The molecule has 2 saturated heterocycles. The highest BCUT2D eigenvalue weighted by molar-refractivity contribution is 5.68. The minimum absolute atomic E-state index is 0.190. The van der Waals surface area contributed by atoms with Gasteiger partial charge in [-0.25, -0.2) is 4.79 Å². The number of carbonyl (C=O) groups is 1. The molecule has 1 aliphatic carbocycles. The second kappa shape index (κ2) is 6.37. The van der Waals surface area contributed by atoms with Crippen molar-refractivity contribution in [1.29, 1.82) is 0 Å². The Morgan fingerprint density at radius 1 is 1.04 bits per heavy atom. The van der Waals surface area contributed by atoms with Gasteiger partial charge in [0, 0.05) is 25.9 Å². The fourth-order valence-corrected chi connectivity index (χ4v) is 4.26. The maximum absolute atomic E-state index is 12.3. The Bertz CT molecular complexity index is 572. The summed E-state index contributed by atoms with van der Waals surface area (Å²) in [5.74, 6) is -0.327. The average molecular weight is 331 g/mol. The van der Waals surface area contributed by atoms with Gasteiger partial charge >= 0.3 is 6.09 Å². The Hall–Kier alpha value is -1.59. The Kier molecular flexibility index (Phi) is 4.22. The fraction of sp³-hybridized carbons (Fsp3) is 0.632. The molecule has 3 aliphatic rings. The van der Waals surface area contributed by atoms with Crippen LogP contribution in [-0.4, -0.2) is 43.1 Å². The highest BCUT2D eigenvalue weighted by Gasteiger charge is 2.49. The smallest absolute Gasteiger partial charge is 0.410 e. The van der Waals surface area contributed by atoms with E-state index in [0.29, 0.717) is 19.8 Å². The minimum Gasteiger partial charge on any atom is -0.445 e. The Balaban J connectivity index is 1.29. The van der Waals surface area contributed by atoms with E-state index in [0.717, 1.165) is 50.8 Å². The van der Waals surface area contributed by atoms with Crippen LogP contribution in [0.4, 0.5) is 4.79 Å². The highest BCUT2D eigenvalue weighted by Crippen LogP contribution is 2.49. The third-order valence-electron chi connectivity index (χ3n) is 5.79. The van der Waals surface area contributed by atoms with Gasteiger partial charge in [0.25, 0.3) is 0 Å². The molecule has 0 atom stereocenters. The predicted molar refractivity (Wildman–Crippen MR) is 88.4 cm³/mol. The molecule has 2 heterocycles. The van der Waals surface area contributed by atoms with Crippen molar-refractivity contribution in [3.05, 3.63) is 35.9 Å². The maximum Gasteiger partial charge on any atom is 0.410 e. The first-order valence-corrected chi connectivity index (χ1v) is 8.92. The Morgan fingerprint density at radius 3 is 2.46 bits per heavy atom. The number of carbonyl (C=O) groups excluding carboxylic acids is 1. The first-order chi connectivity index (χ1) is 11.7. The molecule has 1 aromatic rings. The second-order valence-corrected chi connectivity index (χ2v) is 7.32. The van der Waals surface area contributed by atoms with E-state index in [4.69, 9.17) is 14.2 Å². The van der Waals surface area contributed by atoms with Gasteiger partial charge < -0.3 is 19.1 Å². The van der Waals surface area contributed by atoms with E-state index >= 15 is 0 Å². The number of benzene rings is 1. The van der Waals surface area contributed by atoms with Gasteiger partial charge in [-0.3, -0.25) is 0 Å². The van der Waals surface area contributed by atoms with Crippen molar-refractivity contribution in [2.75, 3.05) is 26.3 Å². The standard InChI is InChI=1S/C19H25NO4/c21-17(22-14-16-4-2-1-3-5-16)20-11-10-18(15-20)6-8-19(9-7-18)23-12-13-24-19/h1-5H,6-15H2. The molecule has 5 heteroatoms. The summed E-state index contributed by atoms with van der Waals surface area (Å²) in [5.41, 5.74) is 1.25. The molecule has 130 valence electrons. The summed E-state index contributed by atoms with van der Waals surface area (Å²) in [5, 5.41) is 0. The molecule has 4 rings (SSSR count). The van der Waals surface area contributed by atoms with Gasteiger partial charge in [-0.15, -0.1) is 0 Å². The molecule has 1 amide bonds. The number of nitrogens with zero attached hydrogens (tertiary/aromatic N) is 1. The highest BCUT2D eigenvalue weighted by atomic mass is 16.7. The zero-order valence-corrected chi connectivity index (χ0v) is 14.0. The van der Waals surface area contributed by atoms with Gasteiger partial charge in [-0.2, -0.15) is 0 Å². The van der Waals surface area contributed by atoms with Crippen molar-refractivity contribution < 1.29 is 19.0 Å². The van der Waals surface area contributed by atoms with Crippen LogP contribution in [0.2, 0.25) is 0 Å². The predicted octanol–water partition coefficient (Wildman–Crippen LogP) is 3.33. The maximum atomic E-state index is 12.3. The lowest BCUT2D eigenvalue weighted by atomic mass is 9.71. The SMILES string of the molecule is O=C(OCc1ccccc1)N1CCC2(CCC3(CC2)OCCO3)C1. The second-order valence-electron chi connectivity index (χ2n) is 7.32. The van der Waals surface area contributed by atoms with E-state index in [2.05, 4.69) is 0 Å². The first kappa shape index (κ1) is 15.9. The Labute approximate surface area is 142 Å². The molecular formula is C19H25NO4. The van der Waals surface area contributed by atoms with Gasteiger partial charge in [-0.1, -0.05) is 30.3 Å². The zero-order valence-electron chi connectivity index (χ0n) is 14.0. The molecule has 0 radical (unpaired) electrons. The van der Waals surface area contributed by atoms with Crippen LogP contribution in [0.15, 0.2) is 30.3 Å². The summed E-state index contributed by atoms with van der Waals surface area (Å²) in [6.45, 7) is 3.36. The van der Waals surface area contributed by atoms with E-state index < -0.39 is 0 Å². The minimum atomic E-state index is -0.327. The van der Waals surface area contributed by atoms with Gasteiger partial charge in [0.2, 0.25) is 0 Å². The quantitative estimate of drug-likeness (QED) is 0.834. The van der Waals surface area contributed by atoms with E-state index in [1.165, 1.54) is 0 Å². The first-order valence-electron chi connectivity index (χ1n) is 8.92. The van der Waals surface area contributed by atoms with Gasteiger partial charge in [0.1, 0.15) is 6.61 Å². The number of ether oxygens (including phenoxy) is 3. The third kappa shape index (κ3) is 3.15. The van der Waals surface area contributed by atoms with Crippen molar-refractivity contribution in [3.63, 3.8) is 0 Å². The average Bonchev–Trinajstić information content (AvgIpc) is 3.25. The topological polar surface area (TPSA) is 48.0 Å². The van der Waals surface area contributed by atoms with Gasteiger partial charge in [0.05, 0.1) is 13.2 Å². The lowest BCUT2D eigenvalue weighted by Crippen LogP contribution is -2.41. The van der Waals surface area contributed by atoms with Crippen LogP contribution in [-0.2, 0) is 20.8 Å². The number of rotatable bonds is 2. The summed E-state index contributed by atoms with van der Waals surface area (Å²) < 4.78 is 17.1. The molecule has 2 spiro atoms. The van der Waals surface area contributed by atoms with Crippen LogP contribution in [0.5, 0.6) is 0 Å². The molecule has 3 fully saturated rings. The van der Waals surface area contributed by atoms with Crippen molar-refractivity contribution in [3.8, 4) is 0 Å². The molecule has 24 heavy (non-hydrogen) atoms. The van der Waals surface area contributed by atoms with E-state index in [-0.39, 0.29) is 17.3 Å². The van der Waals surface area contributed by atoms with Crippen molar-refractivity contribution >= 4 is 6.09 Å². The molecule has 1 saturated carbocycles. The number of hydrogen-bond donors (Lipinski definition) is 0. The van der Waals surface area contributed by atoms with Crippen LogP contribution in [0, 0.1) is 5.41 Å². The summed E-state index contributed by atoms with van der Waals surface area (Å²) in [6.07, 6.45) is 4.89. The van der Waals surface area contributed by atoms with E-state index in [1.807, 2.05) is 35.2 Å². The normalized spacial score (nSPS) is 24.6. The molecule has 5 nitrogen and oxygen atoms in total.